The summed E-state index contributed by atoms with van der Waals surface area (Å²) in [6.07, 6.45) is 3.32. The Labute approximate surface area is 156 Å². The molecule has 2 N–H and O–H groups in total. The summed E-state index contributed by atoms with van der Waals surface area (Å²) >= 11 is 1.70. The standard InChI is InChI=1S/C16H30N4S.HI/c1-6-17-16(19-13(4)8-7-12(2)3)18-10-9-15-11-21-14(5)20-15;/h11-13H,6-10H2,1-5H3,(H2,17,18,19);1H. The summed E-state index contributed by atoms with van der Waals surface area (Å²) in [7, 11) is 0. The molecule has 4 nitrogen and oxygen atoms in total. The second-order valence-electron chi connectivity index (χ2n) is 5.89. The minimum Gasteiger partial charge on any atom is -0.357 e. The molecule has 0 aliphatic heterocycles. The number of aromatic nitrogens is 1. The molecule has 0 saturated heterocycles. The minimum atomic E-state index is 0. The van der Waals surface area contributed by atoms with Crippen LogP contribution < -0.4 is 10.6 Å². The Kier molecular flexibility index (Phi) is 11.9. The number of hydrogen-bond acceptors (Lipinski definition) is 3. The van der Waals surface area contributed by atoms with Crippen LogP contribution in [0.5, 0.6) is 0 Å². The Balaban J connectivity index is 0.00000441. The third-order valence-electron chi connectivity index (χ3n) is 3.21. The topological polar surface area (TPSA) is 49.3 Å². The molecule has 0 saturated carbocycles. The molecule has 0 aliphatic rings. The summed E-state index contributed by atoms with van der Waals surface area (Å²) in [5, 5.41) is 10.0. The van der Waals surface area contributed by atoms with Crippen molar-refractivity contribution < 1.29 is 0 Å². The Morgan fingerprint density at radius 2 is 2.05 bits per heavy atom. The second-order valence-corrected chi connectivity index (χ2v) is 6.95. The molecule has 6 heteroatoms. The fourth-order valence-corrected chi connectivity index (χ4v) is 2.66. The number of aliphatic imine (C=N–C) groups is 1. The molecule has 1 aromatic heterocycles. The molecule has 128 valence electrons. The maximum atomic E-state index is 4.64. The zero-order chi connectivity index (χ0) is 15.7. The van der Waals surface area contributed by atoms with Crippen LogP contribution in [0.1, 0.15) is 51.2 Å². The monoisotopic (exact) mass is 438 g/mol. The summed E-state index contributed by atoms with van der Waals surface area (Å²) in [5.74, 6) is 1.67. The second kappa shape index (κ2) is 12.1. The highest BCUT2D eigenvalue weighted by Gasteiger charge is 2.06. The van der Waals surface area contributed by atoms with Gasteiger partial charge in [0, 0.05) is 30.9 Å². The lowest BCUT2D eigenvalue weighted by molar-refractivity contribution is 0.489. The van der Waals surface area contributed by atoms with Crippen LogP contribution in [0.25, 0.3) is 0 Å². The summed E-state index contributed by atoms with van der Waals surface area (Å²) in [6, 6.07) is 0.451. The van der Waals surface area contributed by atoms with Crippen molar-refractivity contribution in [1.82, 2.24) is 15.6 Å². The van der Waals surface area contributed by atoms with Crippen molar-refractivity contribution in [2.75, 3.05) is 13.1 Å². The Hall–Kier alpha value is -0.370. The molecule has 0 spiro atoms. The molecular formula is C16H31IN4S. The fourth-order valence-electron chi connectivity index (χ4n) is 2.01. The number of rotatable bonds is 8. The molecule has 0 bridgehead atoms. The van der Waals surface area contributed by atoms with Gasteiger partial charge in [-0.05, 0) is 39.5 Å². The Bertz CT molecular complexity index is 432. The Morgan fingerprint density at radius 1 is 1.32 bits per heavy atom. The highest BCUT2D eigenvalue weighted by atomic mass is 127. The summed E-state index contributed by atoms with van der Waals surface area (Å²) in [4.78, 5) is 9.12. The number of hydrogen-bond donors (Lipinski definition) is 2. The lowest BCUT2D eigenvalue weighted by Crippen LogP contribution is -2.42. The van der Waals surface area contributed by atoms with E-state index in [0.29, 0.717) is 6.04 Å². The summed E-state index contributed by atoms with van der Waals surface area (Å²) in [6.45, 7) is 12.6. The normalized spacial score (nSPS) is 12.9. The van der Waals surface area contributed by atoms with Gasteiger partial charge in [0.1, 0.15) is 0 Å². The molecule has 1 unspecified atom stereocenters. The molecule has 1 heterocycles. The average Bonchev–Trinajstić information content (AvgIpc) is 2.82. The molecule has 1 rings (SSSR count). The van der Waals surface area contributed by atoms with Gasteiger partial charge in [-0.25, -0.2) is 4.98 Å². The molecule has 1 atom stereocenters. The number of nitrogens with zero attached hydrogens (tertiary/aromatic N) is 2. The van der Waals surface area contributed by atoms with Gasteiger partial charge in [0.15, 0.2) is 5.96 Å². The van der Waals surface area contributed by atoms with Crippen molar-refractivity contribution in [1.29, 1.82) is 0 Å². The van der Waals surface area contributed by atoms with Crippen LogP contribution >= 0.6 is 35.3 Å². The van der Waals surface area contributed by atoms with E-state index in [1.54, 1.807) is 11.3 Å². The highest BCUT2D eigenvalue weighted by molar-refractivity contribution is 14.0. The molecule has 0 fully saturated rings. The largest absolute Gasteiger partial charge is 0.357 e. The number of aryl methyl sites for hydroxylation is 1. The van der Waals surface area contributed by atoms with E-state index in [1.165, 1.54) is 12.8 Å². The highest BCUT2D eigenvalue weighted by Crippen LogP contribution is 2.08. The van der Waals surface area contributed by atoms with Gasteiger partial charge < -0.3 is 10.6 Å². The smallest absolute Gasteiger partial charge is 0.191 e. The van der Waals surface area contributed by atoms with E-state index >= 15 is 0 Å². The van der Waals surface area contributed by atoms with E-state index in [1.807, 2.05) is 6.92 Å². The SMILES string of the molecule is CCNC(=NCCc1csc(C)n1)NC(C)CCC(C)C.I. The van der Waals surface area contributed by atoms with E-state index in [4.69, 9.17) is 0 Å². The first kappa shape index (κ1) is 21.6. The van der Waals surface area contributed by atoms with Gasteiger partial charge in [-0.3, -0.25) is 4.99 Å². The van der Waals surface area contributed by atoms with E-state index in [0.717, 1.165) is 42.1 Å². The number of thiazole rings is 1. The predicted molar refractivity (Wildman–Crippen MR) is 109 cm³/mol. The van der Waals surface area contributed by atoms with Crippen LogP contribution in [0.3, 0.4) is 0 Å². The third kappa shape index (κ3) is 9.61. The lowest BCUT2D eigenvalue weighted by atomic mass is 10.0. The maximum absolute atomic E-state index is 4.64. The first-order valence-corrected chi connectivity index (χ1v) is 8.85. The van der Waals surface area contributed by atoms with Crippen LogP contribution in [0.2, 0.25) is 0 Å². The van der Waals surface area contributed by atoms with Crippen LogP contribution in [0, 0.1) is 12.8 Å². The van der Waals surface area contributed by atoms with Gasteiger partial charge >= 0.3 is 0 Å². The summed E-state index contributed by atoms with van der Waals surface area (Å²) in [5.41, 5.74) is 1.14. The van der Waals surface area contributed by atoms with Crippen molar-refractivity contribution in [3.63, 3.8) is 0 Å². The molecular weight excluding hydrogens is 407 g/mol. The number of halogens is 1. The van der Waals surface area contributed by atoms with E-state index < -0.39 is 0 Å². The maximum Gasteiger partial charge on any atom is 0.191 e. The number of guanidine groups is 1. The van der Waals surface area contributed by atoms with Crippen LogP contribution in [-0.4, -0.2) is 30.1 Å². The molecule has 0 aliphatic carbocycles. The van der Waals surface area contributed by atoms with Crippen molar-refractivity contribution in [2.45, 2.75) is 59.9 Å². The summed E-state index contributed by atoms with van der Waals surface area (Å²) < 4.78 is 0. The Morgan fingerprint density at radius 3 is 2.59 bits per heavy atom. The average molecular weight is 438 g/mol. The van der Waals surface area contributed by atoms with Gasteiger partial charge in [-0.2, -0.15) is 0 Å². The van der Waals surface area contributed by atoms with Gasteiger partial charge in [0.2, 0.25) is 0 Å². The van der Waals surface area contributed by atoms with Crippen molar-refractivity contribution >= 4 is 41.3 Å². The molecule has 0 amide bonds. The zero-order valence-electron chi connectivity index (χ0n) is 14.5. The third-order valence-corrected chi connectivity index (χ3v) is 4.03. The molecule has 22 heavy (non-hydrogen) atoms. The first-order chi connectivity index (χ1) is 10.0. The van der Waals surface area contributed by atoms with Crippen molar-refractivity contribution in [3.8, 4) is 0 Å². The molecule has 0 aromatic carbocycles. The minimum absolute atomic E-state index is 0. The van der Waals surface area contributed by atoms with Gasteiger partial charge in [0.05, 0.1) is 10.7 Å². The zero-order valence-corrected chi connectivity index (χ0v) is 17.6. The fraction of sp³-hybridized carbons (Fsp3) is 0.750. The molecule has 0 radical (unpaired) electrons. The number of nitrogens with one attached hydrogen (secondary N) is 2. The quantitative estimate of drug-likeness (QED) is 0.367. The van der Waals surface area contributed by atoms with E-state index in [-0.39, 0.29) is 24.0 Å². The molecule has 1 aromatic rings. The van der Waals surface area contributed by atoms with Gasteiger partial charge in [-0.15, -0.1) is 35.3 Å². The van der Waals surface area contributed by atoms with Crippen LogP contribution in [-0.2, 0) is 6.42 Å². The lowest BCUT2D eigenvalue weighted by Gasteiger charge is -2.18. The van der Waals surface area contributed by atoms with Gasteiger partial charge in [-0.1, -0.05) is 13.8 Å². The van der Waals surface area contributed by atoms with Gasteiger partial charge in [0.25, 0.3) is 0 Å². The van der Waals surface area contributed by atoms with E-state index in [9.17, 15) is 0 Å². The first-order valence-electron chi connectivity index (χ1n) is 7.97. The van der Waals surface area contributed by atoms with Crippen molar-refractivity contribution in [2.24, 2.45) is 10.9 Å². The van der Waals surface area contributed by atoms with Crippen molar-refractivity contribution in [3.05, 3.63) is 16.1 Å². The van der Waals surface area contributed by atoms with E-state index in [2.05, 4.69) is 53.7 Å². The van der Waals surface area contributed by atoms with Crippen LogP contribution in [0.4, 0.5) is 0 Å². The van der Waals surface area contributed by atoms with Crippen LogP contribution in [0.15, 0.2) is 10.4 Å². The predicted octanol–water partition coefficient (Wildman–Crippen LogP) is 3.99.